The number of halogens is 2. The molecule has 4 aromatic heterocycles. The number of amides is 1. The first-order chi connectivity index (χ1) is 20.9. The van der Waals surface area contributed by atoms with E-state index in [1.54, 1.807) is 81.3 Å². The fourth-order valence-corrected chi connectivity index (χ4v) is 4.91. The maximum Gasteiger partial charge on any atom is 0.407 e. The van der Waals surface area contributed by atoms with Crippen LogP contribution in [0.3, 0.4) is 0 Å². The van der Waals surface area contributed by atoms with Crippen LogP contribution < -0.4 is 20.9 Å². The van der Waals surface area contributed by atoms with Gasteiger partial charge in [0.25, 0.3) is 5.56 Å². The van der Waals surface area contributed by atoms with Crippen molar-refractivity contribution in [2.75, 3.05) is 5.32 Å². The van der Waals surface area contributed by atoms with Gasteiger partial charge in [-0.2, -0.15) is 4.98 Å². The molecule has 14 heteroatoms. The van der Waals surface area contributed by atoms with Gasteiger partial charge in [0.1, 0.15) is 11.2 Å². The van der Waals surface area contributed by atoms with Crippen molar-refractivity contribution in [1.82, 2.24) is 34.6 Å². The minimum atomic E-state index is -0.661. The SMILES string of the molecule is CCn1ccc(Oc2ncc(Nc3ncc4cc(-c5c(Cl)cccc5Cl)c(=O)n(C)c4n3)cc2CNC(=O)OC(C)(C)C)n1. The Hall–Kier alpha value is -4.68. The van der Waals surface area contributed by atoms with Gasteiger partial charge in [-0.15, -0.1) is 5.10 Å². The highest BCUT2D eigenvalue weighted by molar-refractivity contribution is 6.39. The van der Waals surface area contributed by atoms with Crippen molar-refractivity contribution in [3.63, 3.8) is 0 Å². The number of fused-ring (bicyclic) bond motifs is 1. The summed E-state index contributed by atoms with van der Waals surface area (Å²) in [6.45, 7) is 8.04. The van der Waals surface area contributed by atoms with E-state index < -0.39 is 11.7 Å². The second-order valence-corrected chi connectivity index (χ2v) is 11.6. The van der Waals surface area contributed by atoms with Crippen LogP contribution >= 0.6 is 23.2 Å². The van der Waals surface area contributed by atoms with E-state index >= 15 is 0 Å². The minimum Gasteiger partial charge on any atom is -0.444 e. The van der Waals surface area contributed by atoms with Gasteiger partial charge in [-0.1, -0.05) is 29.3 Å². The third-order valence-electron chi connectivity index (χ3n) is 6.33. The highest BCUT2D eigenvalue weighted by Crippen LogP contribution is 2.34. The van der Waals surface area contributed by atoms with Crippen LogP contribution in [0, 0.1) is 0 Å². The Morgan fingerprint density at radius 3 is 2.50 bits per heavy atom. The molecule has 1 amide bonds. The number of rotatable bonds is 8. The standard InChI is InChI=1S/C30H30Cl2N8O4/c1-6-40-11-10-23(38-40)43-26-18(15-35-29(42)44-30(2,3)4)12-19(16-33-26)36-28-34-14-17-13-20(27(41)39(5)25(17)37-28)24-21(31)8-7-9-22(24)32/h7-14,16H,6,15H2,1-5H3,(H,35,42)(H,34,36,37). The van der Waals surface area contributed by atoms with Gasteiger partial charge in [-0.05, 0) is 52.0 Å². The minimum absolute atomic E-state index is 0.0573. The highest BCUT2D eigenvalue weighted by Gasteiger charge is 2.19. The average molecular weight is 638 g/mol. The molecule has 4 heterocycles. The molecule has 0 atom stereocenters. The molecule has 12 nitrogen and oxygen atoms in total. The number of benzene rings is 1. The summed E-state index contributed by atoms with van der Waals surface area (Å²) in [7, 11) is 1.61. The Morgan fingerprint density at radius 1 is 1.07 bits per heavy atom. The van der Waals surface area contributed by atoms with Crippen LogP contribution in [0.2, 0.25) is 10.0 Å². The molecule has 0 saturated carbocycles. The summed E-state index contributed by atoms with van der Waals surface area (Å²) in [4.78, 5) is 39.1. The van der Waals surface area contributed by atoms with Gasteiger partial charge in [0, 0.05) is 48.6 Å². The molecule has 0 aliphatic rings. The molecule has 0 aliphatic heterocycles. The summed E-state index contributed by atoms with van der Waals surface area (Å²) >= 11 is 12.8. The Bertz CT molecular complexity index is 1900. The molecule has 0 radical (unpaired) electrons. The van der Waals surface area contributed by atoms with Gasteiger partial charge < -0.3 is 20.1 Å². The van der Waals surface area contributed by atoms with Crippen LogP contribution in [0.4, 0.5) is 16.4 Å². The van der Waals surface area contributed by atoms with Crippen LogP contribution in [0.1, 0.15) is 33.3 Å². The van der Waals surface area contributed by atoms with Crippen LogP contribution in [-0.2, 0) is 24.9 Å². The molecule has 0 spiro atoms. The molecule has 0 unspecified atom stereocenters. The number of hydrogen-bond acceptors (Lipinski definition) is 9. The van der Waals surface area contributed by atoms with Crippen molar-refractivity contribution in [2.45, 2.75) is 46.4 Å². The molecule has 44 heavy (non-hydrogen) atoms. The van der Waals surface area contributed by atoms with Crippen molar-refractivity contribution < 1.29 is 14.3 Å². The summed E-state index contributed by atoms with van der Waals surface area (Å²) in [5.41, 5.74) is 1.26. The van der Waals surface area contributed by atoms with E-state index in [0.717, 1.165) is 0 Å². The van der Waals surface area contributed by atoms with Gasteiger partial charge >= 0.3 is 6.09 Å². The molecule has 0 fully saturated rings. The lowest BCUT2D eigenvalue weighted by Crippen LogP contribution is -2.32. The zero-order valence-corrected chi connectivity index (χ0v) is 26.2. The van der Waals surface area contributed by atoms with Crippen LogP contribution in [0.15, 0.2) is 59.8 Å². The van der Waals surface area contributed by atoms with Gasteiger partial charge in [0.05, 0.1) is 34.0 Å². The number of nitrogens with one attached hydrogen (secondary N) is 2. The fraction of sp³-hybridized carbons (Fsp3) is 0.267. The predicted molar refractivity (Wildman–Crippen MR) is 169 cm³/mol. The first-order valence-corrected chi connectivity index (χ1v) is 14.4. The molecular formula is C30H30Cl2N8O4. The summed E-state index contributed by atoms with van der Waals surface area (Å²) < 4.78 is 14.4. The highest BCUT2D eigenvalue weighted by atomic mass is 35.5. The molecular weight excluding hydrogens is 607 g/mol. The van der Waals surface area contributed by atoms with E-state index in [1.165, 1.54) is 10.8 Å². The van der Waals surface area contributed by atoms with Gasteiger partial charge in [-0.3, -0.25) is 14.0 Å². The molecule has 2 N–H and O–H groups in total. The van der Waals surface area contributed by atoms with E-state index in [4.69, 9.17) is 32.7 Å². The zero-order valence-electron chi connectivity index (χ0n) is 24.7. The maximum absolute atomic E-state index is 13.3. The number of carbonyl (C=O) groups is 1. The third kappa shape index (κ3) is 6.92. The van der Waals surface area contributed by atoms with E-state index in [2.05, 4.69) is 30.7 Å². The summed E-state index contributed by atoms with van der Waals surface area (Å²) in [6, 6.07) is 10.2. The zero-order chi connectivity index (χ0) is 31.6. The molecule has 1 aromatic carbocycles. The van der Waals surface area contributed by atoms with Crippen molar-refractivity contribution in [3.05, 3.63) is 81.0 Å². The predicted octanol–water partition coefficient (Wildman–Crippen LogP) is 6.47. The molecule has 228 valence electrons. The Kier molecular flexibility index (Phi) is 8.75. The second-order valence-electron chi connectivity index (χ2n) is 10.8. The normalized spacial score (nSPS) is 11.4. The van der Waals surface area contributed by atoms with Crippen molar-refractivity contribution >= 4 is 52.0 Å². The van der Waals surface area contributed by atoms with Gasteiger partial charge in [0.15, 0.2) is 0 Å². The Balaban J connectivity index is 1.45. The number of carbonyl (C=O) groups excluding carboxylic acids is 1. The smallest absolute Gasteiger partial charge is 0.407 e. The Labute approximate surface area is 263 Å². The van der Waals surface area contributed by atoms with Crippen LogP contribution in [0.5, 0.6) is 11.8 Å². The monoisotopic (exact) mass is 636 g/mol. The second kappa shape index (κ2) is 12.5. The largest absolute Gasteiger partial charge is 0.444 e. The maximum atomic E-state index is 13.3. The number of pyridine rings is 2. The van der Waals surface area contributed by atoms with E-state index in [1.807, 2.05) is 6.92 Å². The molecule has 0 bridgehead atoms. The quantitative estimate of drug-likeness (QED) is 0.196. The number of aryl methyl sites for hydroxylation is 2. The molecule has 0 aliphatic carbocycles. The van der Waals surface area contributed by atoms with Crippen LogP contribution in [-0.4, -0.2) is 41.0 Å². The van der Waals surface area contributed by atoms with Crippen molar-refractivity contribution in [3.8, 4) is 22.9 Å². The number of nitrogens with zero attached hydrogens (tertiary/aromatic N) is 6. The average Bonchev–Trinajstić information content (AvgIpc) is 3.42. The summed E-state index contributed by atoms with van der Waals surface area (Å²) in [6.07, 6.45) is 4.34. The lowest BCUT2D eigenvalue weighted by atomic mass is 10.1. The lowest BCUT2D eigenvalue weighted by Gasteiger charge is -2.20. The third-order valence-corrected chi connectivity index (χ3v) is 6.96. The number of alkyl carbamates (subject to hydrolysis) is 1. The molecule has 5 rings (SSSR count). The van der Waals surface area contributed by atoms with Gasteiger partial charge in [0.2, 0.25) is 17.7 Å². The number of aromatic nitrogens is 6. The number of anilines is 2. The van der Waals surface area contributed by atoms with E-state index in [9.17, 15) is 9.59 Å². The first-order valence-electron chi connectivity index (χ1n) is 13.7. The van der Waals surface area contributed by atoms with E-state index in [-0.39, 0.29) is 23.9 Å². The topological polar surface area (TPSA) is 138 Å². The molecule has 0 saturated heterocycles. The molecule has 5 aromatic rings. The van der Waals surface area contributed by atoms with Gasteiger partial charge in [-0.25, -0.2) is 14.8 Å². The first kappa shape index (κ1) is 30.8. The van der Waals surface area contributed by atoms with Crippen LogP contribution in [0.25, 0.3) is 22.2 Å². The summed E-state index contributed by atoms with van der Waals surface area (Å²) in [5.74, 6) is 0.828. The number of hydrogen-bond donors (Lipinski definition) is 2. The fourth-order valence-electron chi connectivity index (χ4n) is 4.31. The number of ether oxygens (including phenoxy) is 2. The van der Waals surface area contributed by atoms with Crippen molar-refractivity contribution in [1.29, 1.82) is 0 Å². The van der Waals surface area contributed by atoms with Crippen molar-refractivity contribution in [2.24, 2.45) is 7.05 Å². The Morgan fingerprint density at radius 2 is 1.82 bits per heavy atom. The summed E-state index contributed by atoms with van der Waals surface area (Å²) in [5, 5.41) is 11.5. The lowest BCUT2D eigenvalue weighted by molar-refractivity contribution is 0.0523. The van der Waals surface area contributed by atoms with E-state index in [0.29, 0.717) is 55.9 Å².